The molecule has 0 amide bonds. The average Bonchev–Trinajstić information content (AvgIpc) is 2.40. The van der Waals surface area contributed by atoms with Crippen LogP contribution >= 0.6 is 0 Å². The minimum absolute atomic E-state index is 0.0817. The van der Waals surface area contributed by atoms with E-state index in [1.165, 1.54) is 0 Å². The van der Waals surface area contributed by atoms with E-state index >= 15 is 0 Å². The van der Waals surface area contributed by atoms with Crippen molar-refractivity contribution in [3.05, 3.63) is 58.3 Å². The number of rotatable bonds is 2. The number of aromatic amines is 1. The van der Waals surface area contributed by atoms with Crippen molar-refractivity contribution >= 4 is 21.8 Å². The molecule has 3 N–H and O–H groups in total. The Bertz CT molecular complexity index is 774. The summed E-state index contributed by atoms with van der Waals surface area (Å²) in [6.45, 7) is 0.594. The molecule has 0 spiro atoms. The number of fused-ring (bicyclic) bond motifs is 2. The Morgan fingerprint density at radius 3 is 2.61 bits per heavy atom. The number of pyridine rings is 1. The molecule has 3 heteroatoms. The summed E-state index contributed by atoms with van der Waals surface area (Å²) in [6, 6.07) is 13.5. The summed E-state index contributed by atoms with van der Waals surface area (Å²) in [5, 5.41) is 1.47. The van der Waals surface area contributed by atoms with Gasteiger partial charge in [-0.15, -0.1) is 0 Å². The number of hydrogen-bond acceptors (Lipinski definition) is 2. The number of nitrogens with two attached hydrogens (primary N) is 1. The van der Waals surface area contributed by atoms with Gasteiger partial charge in [0, 0.05) is 21.8 Å². The van der Waals surface area contributed by atoms with Crippen molar-refractivity contribution in [2.45, 2.75) is 6.42 Å². The molecule has 0 aliphatic rings. The van der Waals surface area contributed by atoms with Crippen LogP contribution in [0.25, 0.3) is 21.8 Å². The van der Waals surface area contributed by atoms with Crippen LogP contribution in [0.4, 0.5) is 0 Å². The van der Waals surface area contributed by atoms with Crippen LogP contribution in [0.2, 0.25) is 0 Å². The monoisotopic (exact) mass is 238 g/mol. The lowest BCUT2D eigenvalue weighted by Crippen LogP contribution is -2.06. The van der Waals surface area contributed by atoms with E-state index in [0.29, 0.717) is 6.54 Å². The van der Waals surface area contributed by atoms with Gasteiger partial charge in [0.2, 0.25) is 0 Å². The maximum atomic E-state index is 12.4. The van der Waals surface area contributed by atoms with Crippen LogP contribution in [0.15, 0.2) is 47.3 Å². The van der Waals surface area contributed by atoms with E-state index < -0.39 is 0 Å². The zero-order valence-corrected chi connectivity index (χ0v) is 9.94. The van der Waals surface area contributed by atoms with Crippen LogP contribution in [0.1, 0.15) is 5.56 Å². The fraction of sp³-hybridized carbons (Fsp3) is 0.133. The molecule has 0 saturated carbocycles. The maximum Gasteiger partial charge on any atom is 0.197 e. The average molecular weight is 238 g/mol. The van der Waals surface area contributed by atoms with Crippen LogP contribution in [0.3, 0.4) is 0 Å². The predicted octanol–water partition coefficient (Wildman–Crippen LogP) is 2.18. The molecule has 1 heterocycles. The van der Waals surface area contributed by atoms with Crippen molar-refractivity contribution in [1.29, 1.82) is 0 Å². The van der Waals surface area contributed by atoms with E-state index in [1.807, 2.05) is 42.5 Å². The van der Waals surface area contributed by atoms with Crippen molar-refractivity contribution in [2.75, 3.05) is 6.54 Å². The number of para-hydroxylation sites is 1. The summed E-state index contributed by atoms with van der Waals surface area (Å²) >= 11 is 0. The Morgan fingerprint density at radius 1 is 1.00 bits per heavy atom. The minimum atomic E-state index is 0.0817. The van der Waals surface area contributed by atoms with Gasteiger partial charge in [0.25, 0.3) is 0 Å². The molecule has 18 heavy (non-hydrogen) atoms. The second kappa shape index (κ2) is 4.27. The molecule has 0 radical (unpaired) electrons. The van der Waals surface area contributed by atoms with Gasteiger partial charge < -0.3 is 10.7 Å². The summed E-state index contributed by atoms with van der Waals surface area (Å²) in [5.41, 5.74) is 8.48. The first-order chi connectivity index (χ1) is 8.79. The fourth-order valence-corrected chi connectivity index (χ4v) is 2.29. The van der Waals surface area contributed by atoms with E-state index in [0.717, 1.165) is 33.8 Å². The van der Waals surface area contributed by atoms with E-state index in [4.69, 9.17) is 5.73 Å². The van der Waals surface area contributed by atoms with Gasteiger partial charge in [-0.25, -0.2) is 0 Å². The van der Waals surface area contributed by atoms with Crippen LogP contribution in [-0.4, -0.2) is 11.5 Å². The Balaban J connectivity index is 2.38. The van der Waals surface area contributed by atoms with Gasteiger partial charge in [0.1, 0.15) is 0 Å². The van der Waals surface area contributed by atoms with Gasteiger partial charge in [0.15, 0.2) is 5.43 Å². The van der Waals surface area contributed by atoms with E-state index in [-0.39, 0.29) is 5.43 Å². The molecule has 1 aromatic heterocycles. The molecule has 0 atom stereocenters. The lowest BCUT2D eigenvalue weighted by atomic mass is 10.1. The van der Waals surface area contributed by atoms with Crippen molar-refractivity contribution in [3.63, 3.8) is 0 Å². The summed E-state index contributed by atoms with van der Waals surface area (Å²) in [7, 11) is 0. The zero-order valence-electron chi connectivity index (χ0n) is 9.94. The number of aromatic nitrogens is 1. The molecular weight excluding hydrogens is 224 g/mol. The maximum absolute atomic E-state index is 12.4. The van der Waals surface area contributed by atoms with Gasteiger partial charge in [-0.1, -0.05) is 18.2 Å². The van der Waals surface area contributed by atoms with Crippen LogP contribution < -0.4 is 11.2 Å². The largest absolute Gasteiger partial charge is 0.354 e. The van der Waals surface area contributed by atoms with Crippen molar-refractivity contribution in [1.82, 2.24) is 4.98 Å². The first-order valence-electron chi connectivity index (χ1n) is 6.03. The van der Waals surface area contributed by atoms with Gasteiger partial charge >= 0.3 is 0 Å². The summed E-state index contributed by atoms with van der Waals surface area (Å²) < 4.78 is 0. The molecule has 3 rings (SSSR count). The standard InChI is InChI=1S/C15H14N2O/c16-8-7-10-5-6-14-12(9-10)15(18)11-3-1-2-4-13(11)17-14/h1-6,9H,7-8,16H2,(H,17,18). The molecule has 0 unspecified atom stereocenters. The molecule has 0 saturated heterocycles. The third-order valence-electron chi connectivity index (χ3n) is 3.20. The van der Waals surface area contributed by atoms with E-state index in [2.05, 4.69) is 4.98 Å². The topological polar surface area (TPSA) is 58.9 Å². The second-order valence-electron chi connectivity index (χ2n) is 4.42. The molecule has 0 fully saturated rings. The van der Waals surface area contributed by atoms with Crippen LogP contribution in [0, 0.1) is 0 Å². The molecule has 3 nitrogen and oxygen atoms in total. The SMILES string of the molecule is NCCc1ccc2[nH]c3ccccc3c(=O)c2c1. The van der Waals surface area contributed by atoms with Crippen molar-refractivity contribution in [3.8, 4) is 0 Å². The first kappa shape index (κ1) is 11.0. The highest BCUT2D eigenvalue weighted by Crippen LogP contribution is 2.16. The smallest absolute Gasteiger partial charge is 0.197 e. The van der Waals surface area contributed by atoms with Gasteiger partial charge in [0.05, 0.1) is 0 Å². The van der Waals surface area contributed by atoms with E-state index in [1.54, 1.807) is 0 Å². The zero-order chi connectivity index (χ0) is 12.5. The highest BCUT2D eigenvalue weighted by molar-refractivity contribution is 5.92. The summed E-state index contributed by atoms with van der Waals surface area (Å²) in [4.78, 5) is 15.7. The molecule has 90 valence electrons. The van der Waals surface area contributed by atoms with Gasteiger partial charge in [-0.3, -0.25) is 4.79 Å². The minimum Gasteiger partial charge on any atom is -0.354 e. The summed E-state index contributed by atoms with van der Waals surface area (Å²) in [6.07, 6.45) is 0.794. The highest BCUT2D eigenvalue weighted by Gasteiger charge is 2.05. The number of benzene rings is 2. The lowest BCUT2D eigenvalue weighted by molar-refractivity contribution is 0.970. The molecule has 0 aliphatic heterocycles. The van der Waals surface area contributed by atoms with Crippen molar-refractivity contribution in [2.24, 2.45) is 5.73 Å². The summed E-state index contributed by atoms with van der Waals surface area (Å²) in [5.74, 6) is 0. The first-order valence-corrected chi connectivity index (χ1v) is 6.03. The van der Waals surface area contributed by atoms with Crippen LogP contribution in [-0.2, 0) is 6.42 Å². The molecular formula is C15H14N2O. The molecule has 2 aromatic carbocycles. The Hall–Kier alpha value is -2.13. The molecule has 3 aromatic rings. The second-order valence-corrected chi connectivity index (χ2v) is 4.42. The lowest BCUT2D eigenvalue weighted by Gasteiger charge is -2.04. The van der Waals surface area contributed by atoms with Crippen molar-refractivity contribution < 1.29 is 0 Å². The third kappa shape index (κ3) is 1.69. The Labute approximate surface area is 104 Å². The molecule has 0 bridgehead atoms. The highest BCUT2D eigenvalue weighted by atomic mass is 16.1. The molecule has 0 aliphatic carbocycles. The van der Waals surface area contributed by atoms with Crippen LogP contribution in [0.5, 0.6) is 0 Å². The normalized spacial score (nSPS) is 11.2. The predicted molar refractivity (Wildman–Crippen MR) is 74.8 cm³/mol. The number of H-pyrrole nitrogens is 1. The third-order valence-corrected chi connectivity index (χ3v) is 3.20. The Morgan fingerprint density at radius 2 is 1.78 bits per heavy atom. The van der Waals surface area contributed by atoms with Gasteiger partial charge in [-0.2, -0.15) is 0 Å². The quantitative estimate of drug-likeness (QED) is 0.672. The van der Waals surface area contributed by atoms with Gasteiger partial charge in [-0.05, 0) is 42.8 Å². The number of hydrogen-bond donors (Lipinski definition) is 2. The van der Waals surface area contributed by atoms with E-state index in [9.17, 15) is 4.79 Å². The fourth-order valence-electron chi connectivity index (χ4n) is 2.29. The Kier molecular flexibility index (Phi) is 2.61. The number of nitrogens with one attached hydrogen (secondary N) is 1.